The zero-order chi connectivity index (χ0) is 26.4. The fourth-order valence-electron chi connectivity index (χ4n) is 4.78. The minimum atomic E-state index is -0.690. The molecule has 0 aromatic heterocycles. The number of benzene rings is 2. The lowest BCUT2D eigenvalue weighted by molar-refractivity contribution is -0.140. The molecule has 1 amide bonds. The molecule has 2 aromatic carbocycles. The number of morpholine rings is 1. The minimum absolute atomic E-state index is 0.0244. The molecular weight excluding hydrogens is 472 g/mol. The first-order valence-corrected chi connectivity index (χ1v) is 13.0. The lowest BCUT2D eigenvalue weighted by Gasteiger charge is -2.29. The van der Waals surface area contributed by atoms with Gasteiger partial charge in [0.05, 0.1) is 37.5 Å². The van der Waals surface area contributed by atoms with Crippen molar-refractivity contribution >= 4 is 17.4 Å². The standard InChI is InChI=1S/C29H36N2O6/c1-4-36-23-10-8-22(9-11-23)27(32)25-26(21-6-12-24(13-7-21)37-20(2)3)31(29(34)28(25)33)15-5-14-30-16-18-35-19-17-30/h6-13,20,26,32H,4-5,14-19H2,1-3H3/t26-/m1/s1. The second-order valence-corrected chi connectivity index (χ2v) is 9.49. The van der Waals surface area contributed by atoms with Crippen molar-refractivity contribution in [1.82, 2.24) is 9.80 Å². The van der Waals surface area contributed by atoms with Crippen molar-refractivity contribution in [3.05, 3.63) is 65.2 Å². The zero-order valence-electron chi connectivity index (χ0n) is 21.8. The molecular formula is C29H36N2O6. The third-order valence-electron chi connectivity index (χ3n) is 6.52. The predicted molar refractivity (Wildman–Crippen MR) is 141 cm³/mol. The number of ketones is 1. The van der Waals surface area contributed by atoms with Crippen LogP contribution in [-0.4, -0.2) is 78.7 Å². The summed E-state index contributed by atoms with van der Waals surface area (Å²) in [7, 11) is 0. The summed E-state index contributed by atoms with van der Waals surface area (Å²) in [5, 5.41) is 11.3. The van der Waals surface area contributed by atoms with E-state index in [1.807, 2.05) is 45.0 Å². The van der Waals surface area contributed by atoms with E-state index in [0.717, 1.165) is 25.2 Å². The number of amides is 1. The van der Waals surface area contributed by atoms with E-state index < -0.39 is 17.7 Å². The lowest BCUT2D eigenvalue weighted by atomic mass is 9.95. The van der Waals surface area contributed by atoms with Crippen LogP contribution in [0.1, 0.15) is 44.4 Å². The van der Waals surface area contributed by atoms with Gasteiger partial charge in [-0.1, -0.05) is 12.1 Å². The van der Waals surface area contributed by atoms with Crippen LogP contribution in [0.15, 0.2) is 54.1 Å². The molecule has 0 radical (unpaired) electrons. The molecule has 0 bridgehead atoms. The average Bonchev–Trinajstić information content (AvgIpc) is 3.15. The Morgan fingerprint density at radius 1 is 1.00 bits per heavy atom. The first kappa shape index (κ1) is 26.7. The Kier molecular flexibility index (Phi) is 8.84. The number of likely N-dealkylation sites (tertiary alicyclic amines) is 1. The molecule has 1 atom stereocenters. The van der Waals surface area contributed by atoms with E-state index in [4.69, 9.17) is 14.2 Å². The molecule has 2 heterocycles. The Labute approximate surface area is 218 Å². The maximum absolute atomic E-state index is 13.3. The third-order valence-corrected chi connectivity index (χ3v) is 6.52. The molecule has 2 aliphatic heterocycles. The summed E-state index contributed by atoms with van der Waals surface area (Å²) >= 11 is 0. The van der Waals surface area contributed by atoms with Gasteiger partial charge in [0.2, 0.25) is 0 Å². The van der Waals surface area contributed by atoms with Gasteiger partial charge in [0.1, 0.15) is 17.3 Å². The molecule has 0 saturated carbocycles. The van der Waals surface area contributed by atoms with Crippen LogP contribution in [0, 0.1) is 0 Å². The van der Waals surface area contributed by atoms with Gasteiger partial charge in [-0.2, -0.15) is 0 Å². The highest BCUT2D eigenvalue weighted by Crippen LogP contribution is 2.40. The lowest BCUT2D eigenvalue weighted by Crippen LogP contribution is -2.38. The smallest absolute Gasteiger partial charge is 0.295 e. The van der Waals surface area contributed by atoms with E-state index in [1.165, 1.54) is 0 Å². The molecule has 0 unspecified atom stereocenters. The van der Waals surface area contributed by atoms with Gasteiger partial charge in [-0.25, -0.2) is 0 Å². The van der Waals surface area contributed by atoms with Crippen molar-refractivity contribution < 1.29 is 28.9 Å². The SMILES string of the molecule is CCOc1ccc(C(O)=C2C(=O)C(=O)N(CCCN3CCOCC3)[C@@H]2c2ccc(OC(C)C)cc2)cc1. The molecule has 2 saturated heterocycles. The van der Waals surface area contributed by atoms with Gasteiger partial charge >= 0.3 is 0 Å². The normalized spacial score (nSPS) is 20.0. The average molecular weight is 509 g/mol. The van der Waals surface area contributed by atoms with Crippen molar-refractivity contribution in [1.29, 1.82) is 0 Å². The van der Waals surface area contributed by atoms with Crippen LogP contribution in [0.4, 0.5) is 0 Å². The van der Waals surface area contributed by atoms with Crippen LogP contribution < -0.4 is 9.47 Å². The Morgan fingerprint density at radius 3 is 2.27 bits per heavy atom. The summed E-state index contributed by atoms with van der Waals surface area (Å²) in [6.45, 7) is 10.7. The van der Waals surface area contributed by atoms with Crippen LogP contribution >= 0.6 is 0 Å². The fraction of sp³-hybridized carbons (Fsp3) is 0.448. The van der Waals surface area contributed by atoms with Crippen LogP contribution in [0.5, 0.6) is 11.5 Å². The van der Waals surface area contributed by atoms with Gasteiger partial charge in [-0.05, 0) is 69.2 Å². The summed E-state index contributed by atoms with van der Waals surface area (Å²) in [5.74, 6) is -0.0914. The van der Waals surface area contributed by atoms with Crippen molar-refractivity contribution in [3.63, 3.8) is 0 Å². The third kappa shape index (κ3) is 6.32. The predicted octanol–water partition coefficient (Wildman–Crippen LogP) is 4.02. The Hall–Kier alpha value is -3.36. The number of nitrogens with zero attached hydrogens (tertiary/aromatic N) is 2. The molecule has 1 N–H and O–H groups in total. The second-order valence-electron chi connectivity index (χ2n) is 9.49. The number of rotatable bonds is 10. The highest BCUT2D eigenvalue weighted by Gasteiger charge is 2.45. The van der Waals surface area contributed by atoms with Crippen molar-refractivity contribution in [2.75, 3.05) is 46.0 Å². The van der Waals surface area contributed by atoms with Crippen LogP contribution in [0.2, 0.25) is 0 Å². The van der Waals surface area contributed by atoms with Crippen molar-refractivity contribution in [2.45, 2.75) is 39.3 Å². The topological polar surface area (TPSA) is 88.5 Å². The van der Waals surface area contributed by atoms with E-state index in [9.17, 15) is 14.7 Å². The molecule has 2 aliphatic rings. The van der Waals surface area contributed by atoms with E-state index >= 15 is 0 Å². The minimum Gasteiger partial charge on any atom is -0.507 e. The summed E-state index contributed by atoms with van der Waals surface area (Å²) in [5.41, 5.74) is 1.30. The molecule has 2 aromatic rings. The van der Waals surface area contributed by atoms with Crippen LogP contribution in [0.3, 0.4) is 0 Å². The fourth-order valence-corrected chi connectivity index (χ4v) is 4.78. The van der Waals surface area contributed by atoms with Gasteiger partial charge < -0.3 is 24.2 Å². The summed E-state index contributed by atoms with van der Waals surface area (Å²) in [6, 6.07) is 13.6. The number of aliphatic hydroxyl groups excluding tert-OH is 1. The van der Waals surface area contributed by atoms with E-state index in [2.05, 4.69) is 4.90 Å². The second kappa shape index (κ2) is 12.3. The van der Waals surface area contributed by atoms with E-state index in [-0.39, 0.29) is 17.4 Å². The molecule has 8 heteroatoms. The van der Waals surface area contributed by atoms with Crippen molar-refractivity contribution in [2.24, 2.45) is 0 Å². The van der Waals surface area contributed by atoms with Gasteiger partial charge in [0.15, 0.2) is 0 Å². The van der Waals surface area contributed by atoms with Gasteiger partial charge in [-0.3, -0.25) is 14.5 Å². The first-order chi connectivity index (χ1) is 17.9. The van der Waals surface area contributed by atoms with E-state index in [0.29, 0.717) is 49.8 Å². The largest absolute Gasteiger partial charge is 0.507 e. The first-order valence-electron chi connectivity index (χ1n) is 13.0. The molecule has 0 aliphatic carbocycles. The van der Waals surface area contributed by atoms with Crippen molar-refractivity contribution in [3.8, 4) is 11.5 Å². The van der Waals surface area contributed by atoms with Gasteiger partial charge in [0, 0.05) is 31.7 Å². The number of Topliss-reactive ketones (excluding diaryl/α,β-unsaturated/α-hetero) is 1. The highest BCUT2D eigenvalue weighted by molar-refractivity contribution is 6.46. The summed E-state index contributed by atoms with van der Waals surface area (Å²) in [4.78, 5) is 30.4. The number of carbonyl (C=O) groups is 2. The number of carbonyl (C=O) groups excluding carboxylic acids is 2. The maximum Gasteiger partial charge on any atom is 0.295 e. The molecule has 37 heavy (non-hydrogen) atoms. The van der Waals surface area contributed by atoms with E-state index in [1.54, 1.807) is 29.2 Å². The summed E-state index contributed by atoms with van der Waals surface area (Å²) in [6.07, 6.45) is 0.734. The number of hydrogen-bond donors (Lipinski definition) is 1. The maximum atomic E-state index is 13.3. The van der Waals surface area contributed by atoms with Gasteiger partial charge in [0.25, 0.3) is 11.7 Å². The number of ether oxygens (including phenoxy) is 3. The Morgan fingerprint density at radius 2 is 1.65 bits per heavy atom. The molecule has 0 spiro atoms. The quantitative estimate of drug-likeness (QED) is 0.295. The zero-order valence-corrected chi connectivity index (χ0v) is 21.8. The molecule has 2 fully saturated rings. The number of hydrogen-bond acceptors (Lipinski definition) is 7. The molecule has 4 rings (SSSR count). The van der Waals surface area contributed by atoms with Crippen LogP contribution in [0.25, 0.3) is 5.76 Å². The summed E-state index contributed by atoms with van der Waals surface area (Å²) < 4.78 is 16.7. The molecule has 198 valence electrons. The molecule has 8 nitrogen and oxygen atoms in total. The Balaban J connectivity index is 1.65. The Bertz CT molecular complexity index is 1100. The highest BCUT2D eigenvalue weighted by atomic mass is 16.5. The number of aliphatic hydroxyl groups is 1. The van der Waals surface area contributed by atoms with Gasteiger partial charge in [-0.15, -0.1) is 0 Å². The monoisotopic (exact) mass is 508 g/mol. The van der Waals surface area contributed by atoms with Crippen LogP contribution in [-0.2, 0) is 14.3 Å².